The molecule has 166 valence electrons. The van der Waals surface area contributed by atoms with Crippen molar-refractivity contribution in [1.29, 1.82) is 0 Å². The molecule has 0 aliphatic carbocycles. The molecule has 1 unspecified atom stereocenters. The van der Waals surface area contributed by atoms with E-state index < -0.39 is 5.92 Å². The van der Waals surface area contributed by atoms with E-state index in [9.17, 15) is 9.59 Å². The minimum absolute atomic E-state index is 0.152. The number of pyridine rings is 1. The molecule has 4 rings (SSSR count). The molecule has 2 heterocycles. The van der Waals surface area contributed by atoms with Gasteiger partial charge in [-0.15, -0.1) is 0 Å². The molecule has 0 fully saturated rings. The number of hydrogen-bond acceptors (Lipinski definition) is 6. The standard InChI is InChI=1S/C25H26N2O5/c1-4-27(15-16(2)25(29)30-3)24(28)19-14-21(26-20-8-6-5-7-18(19)20)17-9-10-22-23(13-17)32-12-11-31-22/h5-10,13-14,16H,4,11-12,15H2,1-3H3. The number of methoxy groups -OCH3 is 1. The molecule has 2 aromatic carbocycles. The maximum Gasteiger partial charge on any atom is 0.310 e. The van der Waals surface area contributed by atoms with Crippen LogP contribution in [0.5, 0.6) is 11.5 Å². The van der Waals surface area contributed by atoms with Crippen LogP contribution in [0.3, 0.4) is 0 Å². The molecule has 7 nitrogen and oxygen atoms in total. The Morgan fingerprint density at radius 2 is 1.84 bits per heavy atom. The maximum absolute atomic E-state index is 13.6. The van der Waals surface area contributed by atoms with Crippen molar-refractivity contribution < 1.29 is 23.8 Å². The molecule has 1 aromatic heterocycles. The van der Waals surface area contributed by atoms with Gasteiger partial charge < -0.3 is 19.1 Å². The Morgan fingerprint density at radius 3 is 2.59 bits per heavy atom. The van der Waals surface area contributed by atoms with Crippen molar-refractivity contribution in [1.82, 2.24) is 9.88 Å². The number of nitrogens with zero attached hydrogens (tertiary/aromatic N) is 2. The van der Waals surface area contributed by atoms with Gasteiger partial charge in [0.05, 0.1) is 29.8 Å². The number of para-hydroxylation sites is 1. The minimum Gasteiger partial charge on any atom is -0.486 e. The quantitative estimate of drug-likeness (QED) is 0.547. The number of carbonyl (C=O) groups excluding carboxylic acids is 2. The van der Waals surface area contributed by atoms with Gasteiger partial charge in [0, 0.05) is 24.0 Å². The summed E-state index contributed by atoms with van der Waals surface area (Å²) in [4.78, 5) is 31.9. The van der Waals surface area contributed by atoms with E-state index in [4.69, 9.17) is 19.2 Å². The average molecular weight is 434 g/mol. The highest BCUT2D eigenvalue weighted by Gasteiger charge is 2.24. The zero-order valence-electron chi connectivity index (χ0n) is 18.5. The molecule has 3 aromatic rings. The van der Waals surface area contributed by atoms with Gasteiger partial charge in [0.15, 0.2) is 11.5 Å². The van der Waals surface area contributed by atoms with Crippen LogP contribution in [-0.4, -0.2) is 55.2 Å². The predicted molar refractivity (Wildman–Crippen MR) is 121 cm³/mol. The first-order valence-corrected chi connectivity index (χ1v) is 10.7. The van der Waals surface area contributed by atoms with Crippen molar-refractivity contribution in [2.75, 3.05) is 33.4 Å². The van der Waals surface area contributed by atoms with Gasteiger partial charge in [0.1, 0.15) is 13.2 Å². The third-order valence-corrected chi connectivity index (χ3v) is 5.55. The topological polar surface area (TPSA) is 78.0 Å². The van der Waals surface area contributed by atoms with Crippen LogP contribution in [-0.2, 0) is 9.53 Å². The lowest BCUT2D eigenvalue weighted by Gasteiger charge is -2.24. The van der Waals surface area contributed by atoms with Gasteiger partial charge in [-0.25, -0.2) is 4.98 Å². The molecule has 0 saturated carbocycles. The van der Waals surface area contributed by atoms with Crippen LogP contribution >= 0.6 is 0 Å². The second-order valence-corrected chi connectivity index (χ2v) is 7.70. The van der Waals surface area contributed by atoms with E-state index in [-0.39, 0.29) is 18.4 Å². The van der Waals surface area contributed by atoms with Gasteiger partial charge in [-0.3, -0.25) is 9.59 Å². The summed E-state index contributed by atoms with van der Waals surface area (Å²) in [6.07, 6.45) is 0. The zero-order chi connectivity index (χ0) is 22.7. The maximum atomic E-state index is 13.6. The first-order chi connectivity index (χ1) is 15.5. The summed E-state index contributed by atoms with van der Waals surface area (Å²) >= 11 is 0. The molecule has 7 heteroatoms. The number of aromatic nitrogens is 1. The molecule has 32 heavy (non-hydrogen) atoms. The highest BCUT2D eigenvalue weighted by Crippen LogP contribution is 2.35. The number of amides is 1. The van der Waals surface area contributed by atoms with Crippen molar-refractivity contribution in [2.24, 2.45) is 5.92 Å². The van der Waals surface area contributed by atoms with Crippen molar-refractivity contribution >= 4 is 22.8 Å². The van der Waals surface area contributed by atoms with Crippen LogP contribution in [0.2, 0.25) is 0 Å². The Balaban J connectivity index is 1.75. The van der Waals surface area contributed by atoms with E-state index in [1.807, 2.05) is 55.5 Å². The van der Waals surface area contributed by atoms with E-state index >= 15 is 0 Å². The SMILES string of the molecule is CCN(CC(C)C(=O)OC)C(=O)c1cc(-c2ccc3c(c2)OCCO3)nc2ccccc12. The van der Waals surface area contributed by atoms with Crippen LogP contribution in [0.15, 0.2) is 48.5 Å². The Hall–Kier alpha value is -3.61. The zero-order valence-corrected chi connectivity index (χ0v) is 18.5. The Kier molecular flexibility index (Phi) is 6.25. The molecule has 1 atom stereocenters. The Bertz CT molecular complexity index is 1160. The van der Waals surface area contributed by atoms with Gasteiger partial charge >= 0.3 is 5.97 Å². The van der Waals surface area contributed by atoms with Gasteiger partial charge in [0.2, 0.25) is 0 Å². The van der Waals surface area contributed by atoms with Gasteiger partial charge in [-0.1, -0.05) is 25.1 Å². The fraction of sp³-hybridized carbons (Fsp3) is 0.320. The summed E-state index contributed by atoms with van der Waals surface area (Å²) in [6, 6.07) is 15.0. The first kappa shape index (κ1) is 21.6. The van der Waals surface area contributed by atoms with E-state index in [0.717, 1.165) is 16.5 Å². The third-order valence-electron chi connectivity index (χ3n) is 5.55. The van der Waals surface area contributed by atoms with Crippen molar-refractivity contribution in [3.63, 3.8) is 0 Å². The summed E-state index contributed by atoms with van der Waals surface area (Å²) in [7, 11) is 1.35. The van der Waals surface area contributed by atoms with Crippen LogP contribution in [0.25, 0.3) is 22.2 Å². The lowest BCUT2D eigenvalue weighted by molar-refractivity contribution is -0.145. The molecule has 0 saturated heterocycles. The second kappa shape index (κ2) is 9.26. The number of ether oxygens (including phenoxy) is 3. The molecule has 1 aliphatic rings. The number of benzene rings is 2. The normalized spacial score (nSPS) is 13.5. The Labute approximate surface area is 186 Å². The highest BCUT2D eigenvalue weighted by molar-refractivity contribution is 6.07. The van der Waals surface area contributed by atoms with Crippen LogP contribution in [0, 0.1) is 5.92 Å². The molecular weight excluding hydrogens is 408 g/mol. The number of rotatable bonds is 6. The van der Waals surface area contributed by atoms with Crippen LogP contribution in [0.1, 0.15) is 24.2 Å². The van der Waals surface area contributed by atoms with Crippen molar-refractivity contribution in [3.05, 3.63) is 54.1 Å². The molecule has 1 amide bonds. The minimum atomic E-state index is -0.422. The fourth-order valence-corrected chi connectivity index (χ4v) is 3.84. The monoisotopic (exact) mass is 434 g/mol. The predicted octanol–water partition coefficient (Wildman–Crippen LogP) is 3.94. The summed E-state index contributed by atoms with van der Waals surface area (Å²) in [5.74, 6) is 0.451. The molecule has 0 spiro atoms. The largest absolute Gasteiger partial charge is 0.486 e. The summed E-state index contributed by atoms with van der Waals surface area (Å²) in [6.45, 7) is 5.42. The van der Waals surface area contributed by atoms with Gasteiger partial charge in [-0.2, -0.15) is 0 Å². The molecular formula is C25H26N2O5. The molecule has 0 bridgehead atoms. The lowest BCUT2D eigenvalue weighted by Crippen LogP contribution is -2.37. The van der Waals surface area contributed by atoms with E-state index in [0.29, 0.717) is 42.5 Å². The molecule has 1 aliphatic heterocycles. The number of fused-ring (bicyclic) bond motifs is 2. The number of esters is 1. The molecule has 0 radical (unpaired) electrons. The number of carbonyl (C=O) groups is 2. The smallest absolute Gasteiger partial charge is 0.310 e. The van der Waals surface area contributed by atoms with Gasteiger partial charge in [0.25, 0.3) is 5.91 Å². The van der Waals surface area contributed by atoms with E-state index in [2.05, 4.69) is 0 Å². The van der Waals surface area contributed by atoms with E-state index in [1.54, 1.807) is 11.8 Å². The fourth-order valence-electron chi connectivity index (χ4n) is 3.84. The van der Waals surface area contributed by atoms with E-state index in [1.165, 1.54) is 7.11 Å². The average Bonchev–Trinajstić information content (AvgIpc) is 2.85. The Morgan fingerprint density at radius 1 is 1.09 bits per heavy atom. The second-order valence-electron chi connectivity index (χ2n) is 7.70. The van der Waals surface area contributed by atoms with Crippen LogP contribution in [0.4, 0.5) is 0 Å². The lowest BCUT2D eigenvalue weighted by atomic mass is 10.0. The first-order valence-electron chi connectivity index (χ1n) is 10.7. The molecule has 0 N–H and O–H groups in total. The van der Waals surface area contributed by atoms with Crippen LogP contribution < -0.4 is 9.47 Å². The van der Waals surface area contributed by atoms with Crippen molar-refractivity contribution in [3.8, 4) is 22.8 Å². The van der Waals surface area contributed by atoms with Gasteiger partial charge in [-0.05, 0) is 37.3 Å². The number of hydrogen-bond donors (Lipinski definition) is 0. The summed E-state index contributed by atoms with van der Waals surface area (Å²) in [5, 5.41) is 0.767. The summed E-state index contributed by atoms with van der Waals surface area (Å²) in [5.41, 5.74) is 2.76. The highest BCUT2D eigenvalue weighted by atomic mass is 16.6. The van der Waals surface area contributed by atoms with Crippen molar-refractivity contribution in [2.45, 2.75) is 13.8 Å². The third kappa shape index (κ3) is 4.23. The summed E-state index contributed by atoms with van der Waals surface area (Å²) < 4.78 is 16.2.